The van der Waals surface area contributed by atoms with Crippen LogP contribution in [0.25, 0.3) is 55.3 Å². The van der Waals surface area contributed by atoms with E-state index in [0.717, 1.165) is 17.1 Å². The van der Waals surface area contributed by atoms with Gasteiger partial charge in [0.15, 0.2) is 0 Å². The van der Waals surface area contributed by atoms with Crippen molar-refractivity contribution >= 4 is 71.4 Å². The maximum absolute atomic E-state index is 2.63. The van der Waals surface area contributed by atoms with Gasteiger partial charge in [-0.3, -0.25) is 0 Å². The standard InChI is InChI=1S/C71H60N2Si2/c1-74(2,3)68-43-25-23-41-65(68)72(63-39-21-17-31-52(63)49-27-9-7-10-28-49)51-45-46-58-61(47-51)71(59-37-19-15-33-54(59)55-34-16-20-38-60(55)71)62-48-67(56-35-13-14-36-57(56)70(58)62)73(66-42-24-26-44-69(66)75(4,5)6)64-40-22-18-32-53(64)50-29-11-8-12-30-50/h7-48H,1-6H3. The Balaban J connectivity index is 1.16. The maximum atomic E-state index is 2.63. The fourth-order valence-electron chi connectivity index (χ4n) is 12.8. The van der Waals surface area contributed by atoms with Gasteiger partial charge in [0.2, 0.25) is 0 Å². The highest BCUT2D eigenvalue weighted by molar-refractivity contribution is 6.90. The van der Waals surface area contributed by atoms with Crippen LogP contribution in [-0.4, -0.2) is 16.1 Å². The van der Waals surface area contributed by atoms with Gasteiger partial charge in [-0.15, -0.1) is 0 Å². The van der Waals surface area contributed by atoms with Gasteiger partial charge in [0, 0.05) is 33.6 Å². The molecule has 0 radical (unpaired) electrons. The van der Waals surface area contributed by atoms with E-state index >= 15 is 0 Å². The van der Waals surface area contributed by atoms with E-state index in [9.17, 15) is 0 Å². The fourth-order valence-corrected chi connectivity index (χ4v) is 15.9. The van der Waals surface area contributed by atoms with Crippen LogP contribution < -0.4 is 20.2 Å². The van der Waals surface area contributed by atoms with E-state index in [-0.39, 0.29) is 0 Å². The van der Waals surface area contributed by atoms with E-state index in [0.29, 0.717) is 0 Å². The predicted molar refractivity (Wildman–Crippen MR) is 326 cm³/mol. The van der Waals surface area contributed by atoms with Gasteiger partial charge in [-0.25, -0.2) is 0 Å². The quantitative estimate of drug-likeness (QED) is 0.126. The van der Waals surface area contributed by atoms with Gasteiger partial charge in [0.1, 0.15) is 0 Å². The summed E-state index contributed by atoms with van der Waals surface area (Å²) >= 11 is 0. The zero-order valence-corrected chi connectivity index (χ0v) is 45.6. The monoisotopic (exact) mass is 996 g/mol. The Morgan fingerprint density at radius 2 is 0.693 bits per heavy atom. The summed E-state index contributed by atoms with van der Waals surface area (Å²) in [4.78, 5) is 5.21. The molecule has 0 heterocycles. The highest BCUT2D eigenvalue weighted by Crippen LogP contribution is 2.65. The maximum Gasteiger partial charge on any atom is 0.0803 e. The van der Waals surface area contributed by atoms with E-state index in [1.54, 1.807) is 0 Å². The number of anilines is 6. The highest BCUT2D eigenvalue weighted by Gasteiger charge is 2.53. The van der Waals surface area contributed by atoms with Crippen LogP contribution in [0, 0.1) is 0 Å². The molecule has 0 aliphatic heterocycles. The molecule has 0 atom stereocenters. The third-order valence-electron chi connectivity index (χ3n) is 15.9. The van der Waals surface area contributed by atoms with Gasteiger partial charge in [0.25, 0.3) is 0 Å². The van der Waals surface area contributed by atoms with E-state index in [4.69, 9.17) is 0 Å². The van der Waals surface area contributed by atoms with Crippen LogP contribution >= 0.6 is 0 Å². The number of rotatable bonds is 10. The van der Waals surface area contributed by atoms with Crippen molar-refractivity contribution in [2.75, 3.05) is 9.80 Å². The van der Waals surface area contributed by atoms with Crippen LogP contribution in [0.1, 0.15) is 22.3 Å². The molecule has 4 heteroatoms. The molecule has 0 fully saturated rings. The number of para-hydroxylation sites is 4. The van der Waals surface area contributed by atoms with Gasteiger partial charge in [-0.1, -0.05) is 252 Å². The van der Waals surface area contributed by atoms with Crippen LogP contribution in [0.5, 0.6) is 0 Å². The van der Waals surface area contributed by atoms with Crippen molar-refractivity contribution in [3.63, 3.8) is 0 Å². The summed E-state index contributed by atoms with van der Waals surface area (Å²) in [6.45, 7) is 14.9. The average Bonchev–Trinajstić information content (AvgIpc) is 3.94. The summed E-state index contributed by atoms with van der Waals surface area (Å²) in [6, 6.07) is 96.1. The van der Waals surface area contributed by atoms with Crippen molar-refractivity contribution in [1.82, 2.24) is 0 Å². The number of fused-ring (bicyclic) bond motifs is 12. The molecule has 0 unspecified atom stereocenters. The molecule has 13 rings (SSSR count). The van der Waals surface area contributed by atoms with Crippen LogP contribution in [0.4, 0.5) is 34.1 Å². The number of nitrogens with zero attached hydrogens (tertiary/aromatic N) is 2. The van der Waals surface area contributed by atoms with Gasteiger partial charge >= 0.3 is 0 Å². The molecular weight excluding hydrogens is 937 g/mol. The third-order valence-corrected chi connectivity index (χ3v) is 20.0. The Morgan fingerprint density at radius 3 is 1.23 bits per heavy atom. The van der Waals surface area contributed by atoms with Crippen LogP contribution in [0.3, 0.4) is 0 Å². The first-order chi connectivity index (χ1) is 36.5. The molecule has 1 spiro atoms. The molecule has 11 aromatic rings. The molecule has 11 aromatic carbocycles. The molecule has 0 aromatic heterocycles. The Kier molecular flexibility index (Phi) is 11.1. The number of hydrogen-bond donors (Lipinski definition) is 0. The Morgan fingerprint density at radius 1 is 0.280 bits per heavy atom. The summed E-state index contributed by atoms with van der Waals surface area (Å²) in [5.74, 6) is 0. The van der Waals surface area contributed by atoms with Crippen LogP contribution in [0.15, 0.2) is 255 Å². The van der Waals surface area contributed by atoms with Crippen molar-refractivity contribution in [1.29, 1.82) is 0 Å². The van der Waals surface area contributed by atoms with E-state index < -0.39 is 21.6 Å². The summed E-state index contributed by atoms with van der Waals surface area (Å²) < 4.78 is 0. The van der Waals surface area contributed by atoms with Gasteiger partial charge in [-0.05, 0) is 114 Å². The predicted octanol–water partition coefficient (Wildman–Crippen LogP) is 18.5. The molecule has 0 amide bonds. The van der Waals surface area contributed by atoms with Crippen molar-refractivity contribution in [3.05, 3.63) is 277 Å². The first-order valence-electron chi connectivity index (χ1n) is 26.5. The molecular formula is C71H60N2Si2. The lowest BCUT2D eigenvalue weighted by atomic mass is 9.70. The van der Waals surface area contributed by atoms with Crippen LogP contribution in [-0.2, 0) is 5.41 Å². The Hall–Kier alpha value is -8.29. The fraction of sp³-hybridized carbons (Fsp3) is 0.0986. The number of hydrogen-bond acceptors (Lipinski definition) is 2. The summed E-state index contributed by atoms with van der Waals surface area (Å²) in [5, 5.41) is 5.32. The highest BCUT2D eigenvalue weighted by atomic mass is 28.3. The molecule has 362 valence electrons. The Labute approximate surface area is 444 Å². The number of benzene rings is 11. The minimum absolute atomic E-state index is 0.654. The topological polar surface area (TPSA) is 6.48 Å². The van der Waals surface area contributed by atoms with Crippen molar-refractivity contribution < 1.29 is 0 Å². The smallest absolute Gasteiger partial charge is 0.0803 e. The van der Waals surface area contributed by atoms with Gasteiger partial charge in [0.05, 0.1) is 38.6 Å². The summed E-state index contributed by atoms with van der Waals surface area (Å²) in [7, 11) is -3.82. The normalized spacial score (nSPS) is 13.0. The SMILES string of the molecule is C[Si](C)(C)c1ccccc1N(c1ccc2c(c1)C1(c3ccccc3-c3ccccc31)c1cc(N(c3ccccc3-c3ccccc3)c3ccccc3[Si](C)(C)C)c3ccccc3c1-2)c1ccccc1-c1ccccc1. The lowest BCUT2D eigenvalue weighted by Gasteiger charge is -2.36. The van der Waals surface area contributed by atoms with Crippen LogP contribution in [0.2, 0.25) is 39.3 Å². The lowest BCUT2D eigenvalue weighted by Crippen LogP contribution is -2.40. The van der Waals surface area contributed by atoms with Crippen molar-refractivity contribution in [2.24, 2.45) is 0 Å². The Bertz CT molecular complexity index is 3950. The average molecular weight is 997 g/mol. The lowest BCUT2D eigenvalue weighted by molar-refractivity contribution is 0.794. The molecule has 0 saturated carbocycles. The van der Waals surface area contributed by atoms with E-state index in [1.165, 1.54) is 105 Å². The third kappa shape index (κ3) is 7.41. The van der Waals surface area contributed by atoms with Gasteiger partial charge < -0.3 is 9.80 Å². The molecule has 0 N–H and O–H groups in total. The van der Waals surface area contributed by atoms with Crippen molar-refractivity contribution in [2.45, 2.75) is 44.7 Å². The summed E-state index contributed by atoms with van der Waals surface area (Å²) in [5.41, 5.74) is 21.7. The van der Waals surface area contributed by atoms with E-state index in [2.05, 4.69) is 304 Å². The molecule has 75 heavy (non-hydrogen) atoms. The van der Waals surface area contributed by atoms with Gasteiger partial charge in [-0.2, -0.15) is 0 Å². The zero-order chi connectivity index (χ0) is 51.1. The molecule has 2 aliphatic rings. The first kappa shape index (κ1) is 46.5. The van der Waals surface area contributed by atoms with Crippen molar-refractivity contribution in [3.8, 4) is 44.5 Å². The minimum atomic E-state index is -1.93. The second kappa shape index (κ2) is 18.0. The second-order valence-electron chi connectivity index (χ2n) is 22.4. The second-order valence-corrected chi connectivity index (χ2v) is 32.5. The summed E-state index contributed by atoms with van der Waals surface area (Å²) in [6.07, 6.45) is 0. The molecule has 2 nitrogen and oxygen atoms in total. The largest absolute Gasteiger partial charge is 0.310 e. The van der Waals surface area contributed by atoms with E-state index in [1.807, 2.05) is 0 Å². The molecule has 0 saturated heterocycles. The zero-order valence-electron chi connectivity index (χ0n) is 43.6. The molecule has 0 bridgehead atoms. The first-order valence-corrected chi connectivity index (χ1v) is 33.5. The minimum Gasteiger partial charge on any atom is -0.310 e. The molecule has 2 aliphatic carbocycles.